The second-order valence-electron chi connectivity index (χ2n) is 5.30. The first-order valence-corrected chi connectivity index (χ1v) is 6.87. The molecule has 0 amide bonds. The minimum Gasteiger partial charge on any atom is -0.320 e. The number of rotatable bonds is 2. The number of aryl methyl sites for hydroxylation is 4. The Bertz CT molecular complexity index is 594. The van der Waals surface area contributed by atoms with Crippen molar-refractivity contribution in [1.82, 2.24) is 0 Å². The third-order valence-electron chi connectivity index (χ3n) is 3.59. The summed E-state index contributed by atoms with van der Waals surface area (Å²) in [5.41, 5.74) is 13.6. The lowest BCUT2D eigenvalue weighted by Gasteiger charge is -2.19. The van der Waals surface area contributed by atoms with E-state index in [9.17, 15) is 0 Å². The standard InChI is InChI=1S/C17H20ClN/c1-10-7-12(3)16(13(4)8-10)17(19)14-5-6-15(18)11(2)9-14/h5-9,17H,19H2,1-4H3. The van der Waals surface area contributed by atoms with Gasteiger partial charge < -0.3 is 5.73 Å². The van der Waals surface area contributed by atoms with Crippen LogP contribution in [0.3, 0.4) is 0 Å². The fraction of sp³-hybridized carbons (Fsp3) is 0.294. The Morgan fingerprint density at radius 3 is 2.00 bits per heavy atom. The van der Waals surface area contributed by atoms with E-state index in [2.05, 4.69) is 39.0 Å². The summed E-state index contributed by atoms with van der Waals surface area (Å²) in [4.78, 5) is 0. The Labute approximate surface area is 120 Å². The predicted molar refractivity (Wildman–Crippen MR) is 82.9 cm³/mol. The van der Waals surface area contributed by atoms with Crippen LogP contribution in [0, 0.1) is 27.7 Å². The van der Waals surface area contributed by atoms with Crippen molar-refractivity contribution in [3.05, 3.63) is 68.7 Å². The molecule has 0 aliphatic carbocycles. The molecule has 0 spiro atoms. The highest BCUT2D eigenvalue weighted by molar-refractivity contribution is 6.31. The number of hydrogen-bond donors (Lipinski definition) is 1. The summed E-state index contributed by atoms with van der Waals surface area (Å²) in [6.45, 7) is 8.37. The van der Waals surface area contributed by atoms with E-state index in [0.717, 1.165) is 16.1 Å². The van der Waals surface area contributed by atoms with Crippen molar-refractivity contribution in [2.45, 2.75) is 33.7 Å². The SMILES string of the molecule is Cc1cc(C)c(C(N)c2ccc(Cl)c(C)c2)c(C)c1. The molecule has 1 unspecified atom stereocenters. The van der Waals surface area contributed by atoms with Crippen LogP contribution in [0.2, 0.25) is 5.02 Å². The van der Waals surface area contributed by atoms with Crippen LogP contribution in [-0.4, -0.2) is 0 Å². The fourth-order valence-corrected chi connectivity index (χ4v) is 2.83. The molecule has 0 aliphatic rings. The fourth-order valence-electron chi connectivity index (χ4n) is 2.71. The monoisotopic (exact) mass is 273 g/mol. The average Bonchev–Trinajstić information content (AvgIpc) is 2.31. The van der Waals surface area contributed by atoms with Gasteiger partial charge in [-0.3, -0.25) is 0 Å². The van der Waals surface area contributed by atoms with Gasteiger partial charge in [-0.1, -0.05) is 41.4 Å². The lowest BCUT2D eigenvalue weighted by atomic mass is 9.90. The molecular weight excluding hydrogens is 254 g/mol. The van der Waals surface area contributed by atoms with Crippen LogP contribution in [0.15, 0.2) is 30.3 Å². The minimum atomic E-state index is -0.100. The summed E-state index contributed by atoms with van der Waals surface area (Å²) in [7, 11) is 0. The van der Waals surface area contributed by atoms with Crippen LogP contribution in [0.4, 0.5) is 0 Å². The van der Waals surface area contributed by atoms with Gasteiger partial charge in [-0.2, -0.15) is 0 Å². The van der Waals surface area contributed by atoms with E-state index < -0.39 is 0 Å². The second kappa shape index (κ2) is 5.36. The van der Waals surface area contributed by atoms with Crippen LogP contribution in [0.1, 0.15) is 39.4 Å². The molecule has 0 heterocycles. The van der Waals surface area contributed by atoms with E-state index in [0.29, 0.717) is 0 Å². The zero-order chi connectivity index (χ0) is 14.2. The van der Waals surface area contributed by atoms with Crippen molar-refractivity contribution in [3.8, 4) is 0 Å². The average molecular weight is 274 g/mol. The van der Waals surface area contributed by atoms with Crippen LogP contribution in [0.25, 0.3) is 0 Å². The molecule has 0 bridgehead atoms. The molecule has 0 radical (unpaired) electrons. The third-order valence-corrected chi connectivity index (χ3v) is 4.01. The highest BCUT2D eigenvalue weighted by atomic mass is 35.5. The van der Waals surface area contributed by atoms with E-state index in [1.54, 1.807) is 0 Å². The smallest absolute Gasteiger partial charge is 0.0556 e. The molecular formula is C17H20ClN. The third kappa shape index (κ3) is 2.83. The maximum Gasteiger partial charge on any atom is 0.0556 e. The van der Waals surface area contributed by atoms with Gasteiger partial charge in [0.15, 0.2) is 0 Å². The van der Waals surface area contributed by atoms with Gasteiger partial charge in [-0.05, 0) is 61.6 Å². The molecule has 0 aliphatic heterocycles. The van der Waals surface area contributed by atoms with E-state index in [1.165, 1.54) is 22.3 Å². The molecule has 1 atom stereocenters. The van der Waals surface area contributed by atoms with Crippen molar-refractivity contribution >= 4 is 11.6 Å². The quantitative estimate of drug-likeness (QED) is 0.849. The molecule has 0 fully saturated rings. The lowest BCUT2D eigenvalue weighted by Crippen LogP contribution is -2.15. The van der Waals surface area contributed by atoms with Gasteiger partial charge in [0.25, 0.3) is 0 Å². The molecule has 2 rings (SSSR count). The first kappa shape index (κ1) is 14.1. The maximum atomic E-state index is 6.44. The Kier molecular flexibility index (Phi) is 3.98. The minimum absolute atomic E-state index is 0.100. The Hall–Kier alpha value is -1.31. The van der Waals surface area contributed by atoms with Crippen LogP contribution in [-0.2, 0) is 0 Å². The Morgan fingerprint density at radius 2 is 1.47 bits per heavy atom. The van der Waals surface area contributed by atoms with Crippen molar-refractivity contribution in [3.63, 3.8) is 0 Å². The zero-order valence-corrected chi connectivity index (χ0v) is 12.7. The number of benzene rings is 2. The molecule has 0 aromatic heterocycles. The molecule has 100 valence electrons. The number of hydrogen-bond acceptors (Lipinski definition) is 1. The molecule has 2 aromatic rings. The van der Waals surface area contributed by atoms with E-state index in [1.807, 2.05) is 19.1 Å². The summed E-state index contributed by atoms with van der Waals surface area (Å²) in [5, 5.41) is 0.785. The molecule has 2 heteroatoms. The summed E-state index contributed by atoms with van der Waals surface area (Å²) in [5.74, 6) is 0. The Morgan fingerprint density at radius 1 is 0.895 bits per heavy atom. The van der Waals surface area contributed by atoms with Crippen LogP contribution >= 0.6 is 11.6 Å². The molecule has 0 saturated heterocycles. The summed E-state index contributed by atoms with van der Waals surface area (Å²) in [6.07, 6.45) is 0. The van der Waals surface area contributed by atoms with Crippen molar-refractivity contribution in [2.75, 3.05) is 0 Å². The number of nitrogens with two attached hydrogens (primary N) is 1. The molecule has 2 aromatic carbocycles. The largest absolute Gasteiger partial charge is 0.320 e. The first-order chi connectivity index (χ1) is 8.90. The second-order valence-corrected chi connectivity index (χ2v) is 5.71. The zero-order valence-electron chi connectivity index (χ0n) is 11.9. The van der Waals surface area contributed by atoms with Gasteiger partial charge in [0.2, 0.25) is 0 Å². The van der Waals surface area contributed by atoms with Gasteiger partial charge in [-0.15, -0.1) is 0 Å². The van der Waals surface area contributed by atoms with Gasteiger partial charge in [-0.25, -0.2) is 0 Å². The van der Waals surface area contributed by atoms with E-state index >= 15 is 0 Å². The van der Waals surface area contributed by atoms with Gasteiger partial charge in [0, 0.05) is 5.02 Å². The van der Waals surface area contributed by atoms with E-state index in [4.69, 9.17) is 17.3 Å². The number of halogens is 1. The van der Waals surface area contributed by atoms with E-state index in [-0.39, 0.29) is 6.04 Å². The highest BCUT2D eigenvalue weighted by Gasteiger charge is 2.15. The van der Waals surface area contributed by atoms with Crippen molar-refractivity contribution in [2.24, 2.45) is 5.73 Å². The lowest BCUT2D eigenvalue weighted by molar-refractivity contribution is 0.849. The van der Waals surface area contributed by atoms with Crippen molar-refractivity contribution in [1.29, 1.82) is 0 Å². The summed E-state index contributed by atoms with van der Waals surface area (Å²) in [6, 6.07) is 10.3. The summed E-state index contributed by atoms with van der Waals surface area (Å²) >= 11 is 6.07. The van der Waals surface area contributed by atoms with Crippen molar-refractivity contribution < 1.29 is 0 Å². The van der Waals surface area contributed by atoms with Gasteiger partial charge >= 0.3 is 0 Å². The van der Waals surface area contributed by atoms with Crippen LogP contribution in [0.5, 0.6) is 0 Å². The molecule has 1 nitrogen and oxygen atoms in total. The molecule has 2 N–H and O–H groups in total. The highest BCUT2D eigenvalue weighted by Crippen LogP contribution is 2.29. The molecule has 0 saturated carbocycles. The maximum absolute atomic E-state index is 6.44. The topological polar surface area (TPSA) is 26.0 Å². The predicted octanol–water partition coefficient (Wildman–Crippen LogP) is 4.62. The Balaban J connectivity index is 2.49. The first-order valence-electron chi connectivity index (χ1n) is 6.49. The summed E-state index contributed by atoms with van der Waals surface area (Å²) < 4.78 is 0. The van der Waals surface area contributed by atoms with Gasteiger partial charge in [0.1, 0.15) is 0 Å². The van der Waals surface area contributed by atoms with Crippen LogP contribution < -0.4 is 5.73 Å². The normalized spacial score (nSPS) is 12.5. The molecule has 19 heavy (non-hydrogen) atoms. The van der Waals surface area contributed by atoms with Gasteiger partial charge in [0.05, 0.1) is 6.04 Å².